The average Bonchev–Trinajstić information content (AvgIpc) is 3.27. The number of carbonyl (C=O) groups is 1. The monoisotopic (exact) mass is 582 g/mol. The highest BCUT2D eigenvalue weighted by molar-refractivity contribution is 5.93. The van der Waals surface area contributed by atoms with E-state index in [1.165, 1.54) is 47.9 Å². The molecule has 42 heavy (non-hydrogen) atoms. The zero-order valence-corrected chi connectivity index (χ0v) is 25.7. The van der Waals surface area contributed by atoms with Crippen LogP contribution in [0.25, 0.3) is 0 Å². The van der Waals surface area contributed by atoms with Crippen LogP contribution >= 0.6 is 0 Å². The van der Waals surface area contributed by atoms with Crippen LogP contribution in [0, 0.1) is 30.1 Å². The second-order valence-corrected chi connectivity index (χ2v) is 13.1. The predicted molar refractivity (Wildman–Crippen MR) is 163 cm³/mol. The third kappa shape index (κ3) is 7.09. The van der Waals surface area contributed by atoms with Crippen molar-refractivity contribution in [2.45, 2.75) is 104 Å². The van der Waals surface area contributed by atoms with Gasteiger partial charge in [-0.2, -0.15) is 0 Å². The number of allylic oxidation sites excluding steroid dienone is 4. The highest BCUT2D eigenvalue weighted by Gasteiger charge is 2.55. The summed E-state index contributed by atoms with van der Waals surface area (Å²) in [6.45, 7) is 9.61. The SMILES string of the molecule is CC(F)(F)C(F)F.CCc1ccccc1.Cc1ccc(C2CC3(C)C(C)CCC3C3CCC4=CC(=O)CCC4=C23)cc1. The second kappa shape index (κ2) is 13.3. The van der Waals surface area contributed by atoms with Crippen LogP contribution in [0.1, 0.15) is 95.2 Å². The molecule has 2 saturated carbocycles. The molecule has 0 saturated heterocycles. The molecule has 4 aliphatic rings. The summed E-state index contributed by atoms with van der Waals surface area (Å²) in [6, 6.07) is 19.8. The summed E-state index contributed by atoms with van der Waals surface area (Å²) >= 11 is 0. The molecule has 0 aromatic heterocycles. The number of alkyl halides is 4. The number of halogens is 4. The number of fused-ring (bicyclic) bond motifs is 4. The average molecular weight is 583 g/mol. The van der Waals surface area contributed by atoms with Gasteiger partial charge in [0.15, 0.2) is 5.78 Å². The number of rotatable bonds is 3. The molecule has 228 valence electrons. The summed E-state index contributed by atoms with van der Waals surface area (Å²) in [5, 5.41) is 0. The molecule has 5 unspecified atom stereocenters. The van der Waals surface area contributed by atoms with E-state index in [0.717, 1.165) is 37.0 Å². The molecule has 0 heterocycles. The van der Waals surface area contributed by atoms with Gasteiger partial charge in [-0.05, 0) is 103 Å². The Morgan fingerprint density at radius 1 is 0.952 bits per heavy atom. The molecule has 0 amide bonds. The fraction of sp³-hybridized carbons (Fsp3) is 0.541. The van der Waals surface area contributed by atoms with E-state index in [0.29, 0.717) is 23.5 Å². The van der Waals surface area contributed by atoms with Crippen molar-refractivity contribution in [2.24, 2.45) is 23.2 Å². The van der Waals surface area contributed by atoms with Gasteiger partial charge in [0.2, 0.25) is 0 Å². The lowest BCUT2D eigenvalue weighted by molar-refractivity contribution is -0.114. The van der Waals surface area contributed by atoms with Gasteiger partial charge >= 0.3 is 12.3 Å². The number of ketones is 1. The van der Waals surface area contributed by atoms with Crippen LogP contribution in [0.5, 0.6) is 0 Å². The standard InChI is InChI=1S/C26H32O.C8H10.C3H4F4/c1-16-4-7-18(8-5-16)23-15-26(3)17(2)6-13-24(26)22-11-9-19-14-20(27)10-12-21(19)25(22)23;1-2-8-6-4-3-5-7-8;1-3(6,7)2(4)5/h4-5,7-8,14,17,22-24H,6,9-13,15H2,1-3H3;3-7H,2H2,1H3;2H,1H3. The molecule has 2 aromatic rings. The van der Waals surface area contributed by atoms with Crippen LogP contribution in [-0.4, -0.2) is 18.1 Å². The van der Waals surface area contributed by atoms with Gasteiger partial charge in [0.1, 0.15) is 0 Å². The van der Waals surface area contributed by atoms with Gasteiger partial charge in [-0.1, -0.05) is 86.5 Å². The third-order valence-corrected chi connectivity index (χ3v) is 10.3. The molecule has 0 spiro atoms. The molecule has 5 atom stereocenters. The number of benzene rings is 2. The van der Waals surface area contributed by atoms with Gasteiger partial charge in [-0.15, -0.1) is 0 Å². The summed E-state index contributed by atoms with van der Waals surface area (Å²) in [6.07, 6.45) is 7.75. The van der Waals surface area contributed by atoms with E-state index in [4.69, 9.17) is 0 Å². The van der Waals surface area contributed by atoms with Gasteiger partial charge in [0.25, 0.3) is 0 Å². The lowest BCUT2D eigenvalue weighted by Gasteiger charge is -2.52. The summed E-state index contributed by atoms with van der Waals surface area (Å²) in [5.74, 6) is -0.540. The van der Waals surface area contributed by atoms with E-state index >= 15 is 0 Å². The summed E-state index contributed by atoms with van der Waals surface area (Å²) in [4.78, 5) is 12.0. The maximum absolute atomic E-state index is 12.0. The van der Waals surface area contributed by atoms with Crippen molar-refractivity contribution in [3.63, 3.8) is 0 Å². The van der Waals surface area contributed by atoms with Crippen molar-refractivity contribution >= 4 is 5.78 Å². The quantitative estimate of drug-likeness (QED) is 0.329. The number of hydrogen-bond acceptors (Lipinski definition) is 1. The van der Waals surface area contributed by atoms with Crippen LogP contribution < -0.4 is 0 Å². The lowest BCUT2D eigenvalue weighted by Crippen LogP contribution is -2.42. The van der Waals surface area contributed by atoms with Crippen LogP contribution in [-0.2, 0) is 11.2 Å². The van der Waals surface area contributed by atoms with Crippen molar-refractivity contribution < 1.29 is 22.4 Å². The molecular weight excluding hydrogens is 536 g/mol. The molecule has 0 aliphatic heterocycles. The molecule has 2 fully saturated rings. The third-order valence-electron chi connectivity index (χ3n) is 10.3. The maximum Gasteiger partial charge on any atom is 0.304 e. The first kappa shape index (κ1) is 32.2. The minimum atomic E-state index is -3.83. The van der Waals surface area contributed by atoms with Gasteiger partial charge in [0, 0.05) is 19.3 Å². The molecule has 1 nitrogen and oxygen atoms in total. The molecule has 6 rings (SSSR count). The maximum atomic E-state index is 12.0. The summed E-state index contributed by atoms with van der Waals surface area (Å²) in [5.41, 5.74) is 9.42. The number of carbonyl (C=O) groups excluding carboxylic acids is 1. The molecule has 2 aromatic carbocycles. The first-order valence-corrected chi connectivity index (χ1v) is 15.6. The lowest BCUT2D eigenvalue weighted by atomic mass is 9.52. The van der Waals surface area contributed by atoms with Crippen LogP contribution in [0.2, 0.25) is 0 Å². The van der Waals surface area contributed by atoms with Crippen molar-refractivity contribution in [1.29, 1.82) is 0 Å². The Hall–Kier alpha value is -2.69. The minimum absolute atomic E-state index is 0.178. The molecule has 0 bridgehead atoms. The second-order valence-electron chi connectivity index (χ2n) is 13.1. The minimum Gasteiger partial charge on any atom is -0.295 e. The first-order valence-electron chi connectivity index (χ1n) is 15.6. The topological polar surface area (TPSA) is 17.1 Å². The first-order chi connectivity index (χ1) is 19.8. The molecular formula is C37H46F4O. The normalized spacial score (nSPS) is 28.4. The number of hydrogen-bond donors (Lipinski definition) is 0. The highest BCUT2D eigenvalue weighted by Crippen LogP contribution is 2.65. The zero-order valence-electron chi connectivity index (χ0n) is 25.7. The van der Waals surface area contributed by atoms with Crippen molar-refractivity contribution in [1.82, 2.24) is 0 Å². The molecule has 4 aliphatic carbocycles. The molecule has 0 radical (unpaired) electrons. The Morgan fingerprint density at radius 2 is 1.60 bits per heavy atom. The number of aryl methyl sites for hydroxylation is 2. The van der Waals surface area contributed by atoms with E-state index in [1.54, 1.807) is 11.1 Å². The summed E-state index contributed by atoms with van der Waals surface area (Å²) < 4.78 is 43.8. The fourth-order valence-corrected chi connectivity index (χ4v) is 7.72. The fourth-order valence-electron chi connectivity index (χ4n) is 7.72. The van der Waals surface area contributed by atoms with Crippen molar-refractivity contribution in [2.75, 3.05) is 0 Å². The van der Waals surface area contributed by atoms with E-state index in [9.17, 15) is 22.4 Å². The Labute approximate surface area is 249 Å². The van der Waals surface area contributed by atoms with Crippen molar-refractivity contribution in [3.05, 3.63) is 94.1 Å². The van der Waals surface area contributed by atoms with Crippen LogP contribution in [0.15, 0.2) is 77.4 Å². The molecule has 0 N–H and O–H groups in total. The Kier molecular flexibility index (Phi) is 10.2. The molecule has 5 heteroatoms. The highest BCUT2D eigenvalue weighted by atomic mass is 19.3. The van der Waals surface area contributed by atoms with E-state index < -0.39 is 12.3 Å². The van der Waals surface area contributed by atoms with Crippen molar-refractivity contribution in [3.8, 4) is 0 Å². The van der Waals surface area contributed by atoms with Crippen LogP contribution in [0.4, 0.5) is 17.6 Å². The van der Waals surface area contributed by atoms with Crippen LogP contribution in [0.3, 0.4) is 0 Å². The van der Waals surface area contributed by atoms with E-state index in [-0.39, 0.29) is 6.92 Å². The predicted octanol–water partition coefficient (Wildman–Crippen LogP) is 10.7. The van der Waals surface area contributed by atoms with E-state index in [1.807, 2.05) is 12.1 Å². The van der Waals surface area contributed by atoms with E-state index in [2.05, 4.69) is 76.2 Å². The zero-order chi connectivity index (χ0) is 30.7. The Balaban J connectivity index is 0.000000223. The van der Waals surface area contributed by atoms with Gasteiger partial charge < -0.3 is 0 Å². The Morgan fingerprint density at radius 3 is 2.17 bits per heavy atom. The van der Waals surface area contributed by atoms with Gasteiger partial charge in [-0.3, -0.25) is 4.79 Å². The summed E-state index contributed by atoms with van der Waals surface area (Å²) in [7, 11) is 0. The van der Waals surface area contributed by atoms with Gasteiger partial charge in [0.05, 0.1) is 0 Å². The smallest absolute Gasteiger partial charge is 0.295 e. The largest absolute Gasteiger partial charge is 0.304 e. The Bertz CT molecular complexity index is 1270. The van der Waals surface area contributed by atoms with Gasteiger partial charge in [-0.25, -0.2) is 17.6 Å².